The molecule has 1 saturated heterocycles. The lowest BCUT2D eigenvalue weighted by molar-refractivity contribution is -0.135. The molecule has 7 nitrogen and oxygen atoms in total. The van der Waals surface area contributed by atoms with Gasteiger partial charge in [0.25, 0.3) is 5.91 Å². The van der Waals surface area contributed by atoms with E-state index in [0.29, 0.717) is 31.7 Å². The quantitative estimate of drug-likeness (QED) is 0.788. The van der Waals surface area contributed by atoms with Gasteiger partial charge in [-0.3, -0.25) is 14.6 Å². The van der Waals surface area contributed by atoms with Crippen LogP contribution in [-0.2, 0) is 4.79 Å². The normalized spacial score (nSPS) is 20.8. The van der Waals surface area contributed by atoms with E-state index in [9.17, 15) is 9.59 Å². The molecule has 1 aliphatic carbocycles. The molecular weight excluding hydrogens is 390 g/mol. The average Bonchev–Trinajstić information content (AvgIpc) is 3.43. The van der Waals surface area contributed by atoms with Crippen LogP contribution >= 0.6 is 0 Å². The average molecular weight is 413 g/mol. The van der Waals surface area contributed by atoms with Crippen molar-refractivity contribution in [2.45, 2.75) is 24.4 Å². The lowest BCUT2D eigenvalue weighted by Crippen LogP contribution is -2.55. The minimum absolute atomic E-state index is 0.0180. The molecule has 3 aliphatic rings. The van der Waals surface area contributed by atoms with Crippen molar-refractivity contribution in [1.29, 1.82) is 5.26 Å². The van der Waals surface area contributed by atoms with Crippen LogP contribution in [0.3, 0.4) is 0 Å². The van der Waals surface area contributed by atoms with Gasteiger partial charge in [0.05, 0.1) is 17.0 Å². The number of carbonyl (C=O) groups excluding carboxylic acids is 2. The number of piperazine rings is 1. The van der Waals surface area contributed by atoms with Crippen molar-refractivity contribution in [3.8, 4) is 17.2 Å². The number of hydrogen-bond acceptors (Lipinski definition) is 5. The number of nitriles is 1. The van der Waals surface area contributed by atoms with E-state index >= 15 is 0 Å². The van der Waals surface area contributed by atoms with E-state index in [1.54, 1.807) is 9.80 Å². The fourth-order valence-electron chi connectivity index (χ4n) is 4.17. The summed E-state index contributed by atoms with van der Waals surface area (Å²) in [6, 6.07) is 15.2. The topological polar surface area (TPSA) is 103 Å². The van der Waals surface area contributed by atoms with Crippen molar-refractivity contribution < 1.29 is 9.59 Å². The van der Waals surface area contributed by atoms with Crippen LogP contribution in [0.25, 0.3) is 17.2 Å². The monoisotopic (exact) mass is 413 g/mol. The summed E-state index contributed by atoms with van der Waals surface area (Å²) in [5.74, 6) is -0.00471. The molecular formula is C24H23N5O2. The predicted octanol–water partition coefficient (Wildman–Crippen LogP) is 0.435. The highest BCUT2D eigenvalue weighted by Crippen LogP contribution is 2.34. The Morgan fingerprint density at radius 1 is 1.00 bits per heavy atom. The number of hydrogen-bond donors (Lipinski definition) is 1. The molecule has 2 N–H and O–H groups in total. The van der Waals surface area contributed by atoms with Crippen LogP contribution in [0.4, 0.5) is 0 Å². The van der Waals surface area contributed by atoms with E-state index in [1.807, 2.05) is 48.5 Å². The van der Waals surface area contributed by atoms with Gasteiger partial charge in [-0.25, -0.2) is 0 Å². The summed E-state index contributed by atoms with van der Waals surface area (Å²) in [5.41, 5.74) is 8.02. The molecule has 0 spiro atoms. The van der Waals surface area contributed by atoms with E-state index in [4.69, 9.17) is 11.0 Å². The number of fused-ring (bicyclic) bond motifs is 1. The van der Waals surface area contributed by atoms with E-state index < -0.39 is 11.6 Å². The smallest absolute Gasteiger partial charge is 0.253 e. The maximum absolute atomic E-state index is 12.9. The van der Waals surface area contributed by atoms with Gasteiger partial charge in [0.1, 0.15) is 0 Å². The molecule has 2 aromatic carbocycles. The molecule has 2 aliphatic heterocycles. The van der Waals surface area contributed by atoms with Crippen LogP contribution < -0.4 is 16.3 Å². The van der Waals surface area contributed by atoms with E-state index in [0.717, 1.165) is 34.5 Å². The van der Waals surface area contributed by atoms with Gasteiger partial charge in [-0.15, -0.1) is 0 Å². The van der Waals surface area contributed by atoms with Gasteiger partial charge in [-0.2, -0.15) is 5.26 Å². The minimum atomic E-state index is -0.652. The zero-order chi connectivity index (χ0) is 21.6. The summed E-state index contributed by atoms with van der Waals surface area (Å²) in [6.07, 6.45) is 3.37. The molecule has 2 aromatic rings. The SMILES string of the molecule is N#CC1C=c2cc(-c3ccc(C(=O)N4CCN(C(=O)C5(N)CC5)CC4)cc3)ccc2=N1. The summed E-state index contributed by atoms with van der Waals surface area (Å²) in [4.78, 5) is 33.2. The molecule has 1 unspecified atom stereocenters. The first-order chi connectivity index (χ1) is 15.0. The van der Waals surface area contributed by atoms with Gasteiger partial charge in [0, 0.05) is 31.7 Å². The van der Waals surface area contributed by atoms with Gasteiger partial charge in [-0.05, 0) is 59.5 Å². The third kappa shape index (κ3) is 3.60. The van der Waals surface area contributed by atoms with Gasteiger partial charge < -0.3 is 15.5 Å². The van der Waals surface area contributed by atoms with Crippen molar-refractivity contribution in [1.82, 2.24) is 9.80 Å². The molecule has 2 amide bonds. The fourth-order valence-corrected chi connectivity index (χ4v) is 4.17. The fraction of sp³-hybridized carbons (Fsp3) is 0.333. The molecule has 5 rings (SSSR count). The maximum Gasteiger partial charge on any atom is 0.253 e. The summed E-state index contributed by atoms with van der Waals surface area (Å²) >= 11 is 0. The van der Waals surface area contributed by atoms with Crippen molar-refractivity contribution in [3.63, 3.8) is 0 Å². The summed E-state index contributed by atoms with van der Waals surface area (Å²) in [5, 5.41) is 10.9. The highest BCUT2D eigenvalue weighted by atomic mass is 16.2. The Hall–Kier alpha value is -3.50. The Morgan fingerprint density at radius 2 is 1.65 bits per heavy atom. The number of rotatable bonds is 3. The molecule has 2 fully saturated rings. The standard InChI is InChI=1S/C24H23N5O2/c25-15-20-14-19-13-18(5-6-21(19)27-20)16-1-3-17(4-2-16)22(30)28-9-11-29(12-10-28)23(31)24(26)7-8-24/h1-6,13-14,20H,7-12,26H2. The van der Waals surface area contributed by atoms with Crippen molar-refractivity contribution >= 4 is 17.9 Å². The number of amides is 2. The first-order valence-corrected chi connectivity index (χ1v) is 10.5. The first kappa shape index (κ1) is 19.5. The second kappa shape index (κ2) is 7.33. The molecule has 156 valence electrons. The molecule has 1 atom stereocenters. The zero-order valence-electron chi connectivity index (χ0n) is 17.1. The van der Waals surface area contributed by atoms with Crippen molar-refractivity contribution in [2.75, 3.05) is 26.2 Å². The van der Waals surface area contributed by atoms with Crippen LogP contribution in [0, 0.1) is 11.3 Å². The Balaban J connectivity index is 1.26. The molecule has 0 radical (unpaired) electrons. The van der Waals surface area contributed by atoms with Crippen LogP contribution in [0.5, 0.6) is 0 Å². The van der Waals surface area contributed by atoms with E-state index in [2.05, 4.69) is 11.1 Å². The van der Waals surface area contributed by atoms with E-state index in [-0.39, 0.29) is 11.8 Å². The third-order valence-corrected chi connectivity index (χ3v) is 6.31. The number of nitrogens with two attached hydrogens (primary N) is 1. The number of nitrogens with zero attached hydrogens (tertiary/aromatic N) is 4. The van der Waals surface area contributed by atoms with Crippen LogP contribution in [0.2, 0.25) is 0 Å². The summed E-state index contributed by atoms with van der Waals surface area (Å²) in [6.45, 7) is 2.10. The highest BCUT2D eigenvalue weighted by Gasteiger charge is 2.48. The highest BCUT2D eigenvalue weighted by molar-refractivity contribution is 5.95. The second-order valence-electron chi connectivity index (χ2n) is 8.46. The van der Waals surface area contributed by atoms with Gasteiger partial charge >= 0.3 is 0 Å². The Kier molecular flexibility index (Phi) is 4.60. The van der Waals surface area contributed by atoms with Crippen LogP contribution in [-0.4, -0.2) is 59.4 Å². The maximum atomic E-state index is 12.9. The molecule has 31 heavy (non-hydrogen) atoms. The largest absolute Gasteiger partial charge is 0.338 e. The van der Waals surface area contributed by atoms with Crippen LogP contribution in [0.1, 0.15) is 23.2 Å². The molecule has 0 aromatic heterocycles. The zero-order valence-corrected chi connectivity index (χ0v) is 17.1. The van der Waals surface area contributed by atoms with Gasteiger partial charge in [0.15, 0.2) is 6.04 Å². The molecule has 7 heteroatoms. The lowest BCUT2D eigenvalue weighted by atomic mass is 10.0. The number of carbonyl (C=O) groups is 2. The van der Waals surface area contributed by atoms with Crippen molar-refractivity contribution in [2.24, 2.45) is 10.7 Å². The Morgan fingerprint density at radius 3 is 2.29 bits per heavy atom. The molecule has 1 saturated carbocycles. The van der Waals surface area contributed by atoms with Crippen molar-refractivity contribution in [3.05, 3.63) is 58.6 Å². The van der Waals surface area contributed by atoms with Gasteiger partial charge in [0.2, 0.25) is 5.91 Å². The third-order valence-electron chi connectivity index (χ3n) is 6.31. The number of benzene rings is 2. The summed E-state index contributed by atoms with van der Waals surface area (Å²) < 4.78 is 0. The molecule has 2 heterocycles. The predicted molar refractivity (Wildman–Crippen MR) is 115 cm³/mol. The van der Waals surface area contributed by atoms with E-state index in [1.165, 1.54) is 0 Å². The Labute approximate surface area is 180 Å². The minimum Gasteiger partial charge on any atom is -0.338 e. The van der Waals surface area contributed by atoms with Gasteiger partial charge in [-0.1, -0.05) is 18.2 Å². The molecule has 0 bridgehead atoms. The first-order valence-electron chi connectivity index (χ1n) is 10.5. The van der Waals surface area contributed by atoms with Crippen LogP contribution in [0.15, 0.2) is 47.5 Å². The second-order valence-corrected chi connectivity index (χ2v) is 8.46. The Bertz CT molecular complexity index is 1220. The summed E-state index contributed by atoms with van der Waals surface area (Å²) in [7, 11) is 0. The lowest BCUT2D eigenvalue weighted by Gasteiger charge is -2.36.